The number of hydrazone groups is 1. The first-order chi connectivity index (χ1) is 12.4. The maximum Gasteiger partial charge on any atom is 0.273 e. The molecule has 0 unspecified atom stereocenters. The lowest BCUT2D eigenvalue weighted by atomic mass is 10.1. The van der Waals surface area contributed by atoms with Crippen molar-refractivity contribution in [1.82, 2.24) is 5.43 Å². The number of halogens is 1. The zero-order chi connectivity index (χ0) is 19.1. The molecule has 2 rings (SSSR count). The summed E-state index contributed by atoms with van der Waals surface area (Å²) in [5, 5.41) is 24.7. The van der Waals surface area contributed by atoms with E-state index in [0.29, 0.717) is 27.1 Å². The predicted octanol–water partition coefficient (Wildman–Crippen LogP) is 3.00. The summed E-state index contributed by atoms with van der Waals surface area (Å²) in [7, 11) is 0. The van der Waals surface area contributed by atoms with Gasteiger partial charge in [0.25, 0.3) is 5.69 Å². The van der Waals surface area contributed by atoms with Crippen LogP contribution in [0.1, 0.15) is 18.1 Å². The minimum absolute atomic E-state index is 0.0463. The number of carbonyl (C=O) groups is 1. The Bertz CT molecular complexity index is 854. The molecule has 0 aliphatic carbocycles. The van der Waals surface area contributed by atoms with Crippen LogP contribution in [0.3, 0.4) is 0 Å². The highest BCUT2D eigenvalue weighted by Gasteiger charge is 2.15. The van der Waals surface area contributed by atoms with E-state index in [2.05, 4.69) is 10.5 Å². The summed E-state index contributed by atoms with van der Waals surface area (Å²) in [5.74, 6) is -0.105. The minimum Gasteiger partial charge on any atom is -0.504 e. The number of phenolic OH excluding ortho intramolecular Hbond substituents is 1. The van der Waals surface area contributed by atoms with Crippen LogP contribution in [0, 0.1) is 13.7 Å². The van der Waals surface area contributed by atoms with E-state index in [1.165, 1.54) is 18.3 Å². The lowest BCUT2D eigenvalue weighted by Crippen LogP contribution is -2.20. The van der Waals surface area contributed by atoms with Gasteiger partial charge in [0, 0.05) is 11.6 Å². The van der Waals surface area contributed by atoms with Crippen molar-refractivity contribution in [3.8, 4) is 11.5 Å². The second-order valence-corrected chi connectivity index (χ2v) is 6.30. The summed E-state index contributed by atoms with van der Waals surface area (Å²) in [5.41, 5.74) is 3.16. The van der Waals surface area contributed by atoms with E-state index < -0.39 is 10.8 Å². The van der Waals surface area contributed by atoms with E-state index in [1.54, 1.807) is 31.2 Å². The number of amides is 1. The molecule has 2 N–H and O–H groups in total. The number of ether oxygens (including phenoxy) is 1. The lowest BCUT2D eigenvalue weighted by Gasteiger charge is -2.08. The van der Waals surface area contributed by atoms with Gasteiger partial charge < -0.3 is 9.84 Å². The van der Waals surface area contributed by atoms with Crippen LogP contribution in [0.15, 0.2) is 41.5 Å². The van der Waals surface area contributed by atoms with Gasteiger partial charge in [-0.3, -0.25) is 14.9 Å². The molecule has 136 valence electrons. The zero-order valence-electron chi connectivity index (χ0n) is 13.8. The Morgan fingerprint density at radius 2 is 2.15 bits per heavy atom. The monoisotopic (exact) mass is 469 g/mol. The van der Waals surface area contributed by atoms with Crippen molar-refractivity contribution in [3.05, 3.63) is 61.2 Å². The summed E-state index contributed by atoms with van der Waals surface area (Å²) < 4.78 is 5.92. The maximum atomic E-state index is 12.0. The molecular formula is C17H16IN3O5. The van der Waals surface area contributed by atoms with Crippen molar-refractivity contribution in [2.24, 2.45) is 5.10 Å². The normalized spacial score (nSPS) is 10.7. The maximum absolute atomic E-state index is 12.0. The third-order valence-electron chi connectivity index (χ3n) is 3.29. The number of rotatable bonds is 7. The number of para-hydroxylation sites is 1. The van der Waals surface area contributed by atoms with E-state index in [0.717, 1.165) is 0 Å². The number of nitro benzene ring substituents is 1. The summed E-state index contributed by atoms with van der Waals surface area (Å²) in [6.45, 7) is 2.20. The first kappa shape index (κ1) is 19.6. The largest absolute Gasteiger partial charge is 0.504 e. The molecule has 26 heavy (non-hydrogen) atoms. The number of hydrogen-bond donors (Lipinski definition) is 2. The molecule has 0 heterocycles. The minimum atomic E-state index is -0.528. The van der Waals surface area contributed by atoms with E-state index in [-0.39, 0.29) is 17.9 Å². The van der Waals surface area contributed by atoms with Crippen molar-refractivity contribution in [1.29, 1.82) is 0 Å². The molecule has 0 aliphatic rings. The Balaban J connectivity index is 2.05. The number of nitrogens with one attached hydrogen (secondary N) is 1. The highest BCUT2D eigenvalue weighted by atomic mass is 127. The van der Waals surface area contributed by atoms with Gasteiger partial charge in [0.05, 0.1) is 27.7 Å². The fourth-order valence-electron chi connectivity index (χ4n) is 2.16. The van der Waals surface area contributed by atoms with Crippen LogP contribution in [-0.4, -0.2) is 28.8 Å². The highest BCUT2D eigenvalue weighted by molar-refractivity contribution is 14.1. The van der Waals surface area contributed by atoms with Crippen molar-refractivity contribution < 1.29 is 19.6 Å². The molecule has 8 nitrogen and oxygen atoms in total. The van der Waals surface area contributed by atoms with Gasteiger partial charge in [0.2, 0.25) is 5.91 Å². The first-order valence-electron chi connectivity index (χ1n) is 7.62. The second-order valence-electron chi connectivity index (χ2n) is 5.14. The quantitative estimate of drug-likeness (QED) is 0.280. The van der Waals surface area contributed by atoms with Gasteiger partial charge in [-0.05, 0) is 47.2 Å². The molecule has 0 saturated carbocycles. The number of phenols is 1. The fraction of sp³-hybridized carbons (Fsp3) is 0.176. The topological polar surface area (TPSA) is 114 Å². The number of nitro groups is 1. The van der Waals surface area contributed by atoms with Gasteiger partial charge in [-0.15, -0.1) is 0 Å². The highest BCUT2D eigenvalue weighted by Crippen LogP contribution is 2.32. The summed E-state index contributed by atoms with van der Waals surface area (Å²) in [4.78, 5) is 22.4. The number of nitrogens with zero attached hydrogens (tertiary/aromatic N) is 2. The second kappa shape index (κ2) is 9.13. The van der Waals surface area contributed by atoms with Crippen LogP contribution in [0.25, 0.3) is 0 Å². The third kappa shape index (κ3) is 5.15. The Morgan fingerprint density at radius 3 is 2.85 bits per heavy atom. The number of carbonyl (C=O) groups excluding carboxylic acids is 1. The smallest absolute Gasteiger partial charge is 0.273 e. The Labute approximate surface area is 163 Å². The molecule has 0 saturated heterocycles. The first-order valence-corrected chi connectivity index (χ1v) is 8.69. The van der Waals surface area contributed by atoms with Crippen LogP contribution >= 0.6 is 22.6 Å². The number of aromatic hydroxyl groups is 1. The molecule has 0 fully saturated rings. The average Bonchev–Trinajstić information content (AvgIpc) is 2.59. The van der Waals surface area contributed by atoms with E-state index in [4.69, 9.17) is 4.74 Å². The summed E-state index contributed by atoms with van der Waals surface area (Å²) in [6, 6.07) is 9.32. The molecule has 0 radical (unpaired) electrons. The van der Waals surface area contributed by atoms with Crippen LogP contribution in [0.5, 0.6) is 11.5 Å². The van der Waals surface area contributed by atoms with Crippen molar-refractivity contribution in [2.45, 2.75) is 13.3 Å². The van der Waals surface area contributed by atoms with E-state index in [9.17, 15) is 20.0 Å². The molecule has 0 atom stereocenters. The van der Waals surface area contributed by atoms with Crippen LogP contribution < -0.4 is 10.2 Å². The number of benzene rings is 2. The van der Waals surface area contributed by atoms with Gasteiger partial charge in [0.15, 0.2) is 11.5 Å². The molecule has 0 aliphatic heterocycles. The molecule has 0 spiro atoms. The van der Waals surface area contributed by atoms with Gasteiger partial charge >= 0.3 is 0 Å². The molecule has 2 aromatic carbocycles. The third-order valence-corrected chi connectivity index (χ3v) is 4.12. The fourth-order valence-corrected chi connectivity index (χ4v) is 2.79. The van der Waals surface area contributed by atoms with Gasteiger partial charge in [0.1, 0.15) is 0 Å². The summed E-state index contributed by atoms with van der Waals surface area (Å²) >= 11 is 1.96. The SMILES string of the molecule is CCOc1cc(C=NNC(=O)Cc2ccccc2[N+](=O)[O-])cc(I)c1O. The number of hydrogen-bond acceptors (Lipinski definition) is 6. The van der Waals surface area contributed by atoms with Crippen LogP contribution in [0.4, 0.5) is 5.69 Å². The zero-order valence-corrected chi connectivity index (χ0v) is 16.0. The average molecular weight is 469 g/mol. The molecule has 2 aromatic rings. The Kier molecular flexibility index (Phi) is 6.89. The van der Waals surface area contributed by atoms with E-state index >= 15 is 0 Å². The van der Waals surface area contributed by atoms with Crippen molar-refractivity contribution in [2.75, 3.05) is 6.61 Å². The molecule has 1 amide bonds. The summed E-state index contributed by atoms with van der Waals surface area (Å²) in [6.07, 6.45) is 1.24. The van der Waals surface area contributed by atoms with Gasteiger partial charge in [-0.2, -0.15) is 5.10 Å². The Morgan fingerprint density at radius 1 is 1.42 bits per heavy atom. The Hall–Kier alpha value is -2.69. The molecule has 0 aromatic heterocycles. The lowest BCUT2D eigenvalue weighted by molar-refractivity contribution is -0.385. The molecule has 9 heteroatoms. The van der Waals surface area contributed by atoms with E-state index in [1.807, 2.05) is 22.6 Å². The van der Waals surface area contributed by atoms with Crippen molar-refractivity contribution >= 4 is 40.4 Å². The van der Waals surface area contributed by atoms with Crippen molar-refractivity contribution in [3.63, 3.8) is 0 Å². The van der Waals surface area contributed by atoms with Crippen LogP contribution in [0.2, 0.25) is 0 Å². The molecule has 0 bridgehead atoms. The standard InChI is InChI=1S/C17H16IN3O5/c1-2-26-15-8-11(7-13(18)17(15)23)10-19-20-16(22)9-12-5-3-4-6-14(12)21(24)25/h3-8,10,23H,2,9H2,1H3,(H,20,22). The van der Waals surface area contributed by atoms with Crippen LogP contribution in [-0.2, 0) is 11.2 Å². The van der Waals surface area contributed by atoms with Gasteiger partial charge in [-0.1, -0.05) is 18.2 Å². The molecular weight excluding hydrogens is 453 g/mol. The van der Waals surface area contributed by atoms with Gasteiger partial charge in [-0.25, -0.2) is 5.43 Å². The predicted molar refractivity (Wildman–Crippen MR) is 105 cm³/mol.